The molecular weight excluding hydrogens is 450 g/mol. The van der Waals surface area contributed by atoms with E-state index in [4.69, 9.17) is 9.72 Å². The standard InChI is InChI=1S/C28H37N7O/c1-36-27-12-13-29-17-23(27)25-19-34(20-30-25)32-28-31-24-16-21(18-33-14-6-3-7-15-33)10-11-26(24)35(28)22-8-4-2-5-9-22/h10-13,16-17,19,22,30H,2-9,14-15,18,20H2,1H3,(H,31,32). The lowest BCUT2D eigenvalue weighted by molar-refractivity contribution is 0.221. The summed E-state index contributed by atoms with van der Waals surface area (Å²) in [5.41, 5.74) is 9.22. The Balaban J connectivity index is 1.29. The van der Waals surface area contributed by atoms with E-state index in [-0.39, 0.29) is 0 Å². The smallest absolute Gasteiger partial charge is 0.223 e. The number of aromatic nitrogens is 3. The average molecular weight is 488 g/mol. The largest absolute Gasteiger partial charge is 0.496 e. The maximum absolute atomic E-state index is 5.54. The van der Waals surface area contributed by atoms with E-state index in [1.165, 1.54) is 75.5 Å². The van der Waals surface area contributed by atoms with Crippen molar-refractivity contribution in [3.63, 3.8) is 0 Å². The summed E-state index contributed by atoms with van der Waals surface area (Å²) in [6.45, 7) is 4.07. The first-order valence-corrected chi connectivity index (χ1v) is 13.5. The van der Waals surface area contributed by atoms with E-state index in [0.29, 0.717) is 12.7 Å². The quantitative estimate of drug-likeness (QED) is 0.479. The monoisotopic (exact) mass is 487 g/mol. The van der Waals surface area contributed by atoms with Gasteiger partial charge in [-0.05, 0) is 62.5 Å². The van der Waals surface area contributed by atoms with Gasteiger partial charge in [0, 0.05) is 31.2 Å². The van der Waals surface area contributed by atoms with Crippen LogP contribution in [0.15, 0.2) is 42.9 Å². The van der Waals surface area contributed by atoms with Crippen molar-refractivity contribution in [1.82, 2.24) is 29.8 Å². The summed E-state index contributed by atoms with van der Waals surface area (Å²) >= 11 is 0. The third-order valence-corrected chi connectivity index (χ3v) is 7.81. The average Bonchev–Trinajstić information content (AvgIpc) is 3.54. The number of nitrogens with one attached hydrogen (secondary N) is 2. The van der Waals surface area contributed by atoms with E-state index >= 15 is 0 Å². The lowest BCUT2D eigenvalue weighted by Gasteiger charge is -2.27. The Hall–Kier alpha value is -3.26. The minimum Gasteiger partial charge on any atom is -0.496 e. The molecule has 0 unspecified atom stereocenters. The molecule has 0 bridgehead atoms. The maximum Gasteiger partial charge on any atom is 0.223 e. The predicted octanol–water partition coefficient (Wildman–Crippen LogP) is 5.12. The second-order valence-electron chi connectivity index (χ2n) is 10.3. The van der Waals surface area contributed by atoms with Crippen LogP contribution in [0.4, 0.5) is 5.95 Å². The summed E-state index contributed by atoms with van der Waals surface area (Å²) in [6, 6.07) is 9.28. The normalized spacial score (nSPS) is 19.4. The Morgan fingerprint density at radius 2 is 1.89 bits per heavy atom. The molecule has 8 heteroatoms. The molecule has 0 spiro atoms. The van der Waals surface area contributed by atoms with Crippen molar-refractivity contribution in [1.29, 1.82) is 0 Å². The lowest BCUT2D eigenvalue weighted by Crippen LogP contribution is -2.29. The fraction of sp³-hybridized carbons (Fsp3) is 0.500. The first-order valence-electron chi connectivity index (χ1n) is 13.5. The number of rotatable bonds is 7. The molecule has 1 saturated carbocycles. The highest BCUT2D eigenvalue weighted by Crippen LogP contribution is 2.35. The van der Waals surface area contributed by atoms with Crippen LogP contribution in [0.3, 0.4) is 0 Å². The number of nitrogens with zero attached hydrogens (tertiary/aromatic N) is 5. The number of piperidine rings is 1. The molecule has 2 aromatic heterocycles. The van der Waals surface area contributed by atoms with Crippen molar-refractivity contribution in [2.45, 2.75) is 64.0 Å². The summed E-state index contributed by atoms with van der Waals surface area (Å²) in [4.78, 5) is 12.0. The molecule has 36 heavy (non-hydrogen) atoms. The number of hydrogen-bond acceptors (Lipinski definition) is 7. The summed E-state index contributed by atoms with van der Waals surface area (Å²) in [5, 5.41) is 5.53. The molecule has 190 valence electrons. The number of methoxy groups -OCH3 is 1. The third kappa shape index (κ3) is 4.74. The van der Waals surface area contributed by atoms with Gasteiger partial charge in [-0.1, -0.05) is 31.7 Å². The second kappa shape index (κ2) is 10.4. The molecule has 2 fully saturated rings. The van der Waals surface area contributed by atoms with Crippen LogP contribution in [0.1, 0.15) is 68.5 Å². The number of hydrazine groups is 1. The van der Waals surface area contributed by atoms with Gasteiger partial charge in [-0.25, -0.2) is 4.98 Å². The van der Waals surface area contributed by atoms with Gasteiger partial charge in [0.1, 0.15) is 12.4 Å². The van der Waals surface area contributed by atoms with Crippen LogP contribution in [0.5, 0.6) is 5.75 Å². The summed E-state index contributed by atoms with van der Waals surface area (Å²) in [7, 11) is 1.69. The lowest BCUT2D eigenvalue weighted by atomic mass is 9.95. The zero-order valence-electron chi connectivity index (χ0n) is 21.2. The number of anilines is 1. The van der Waals surface area contributed by atoms with Crippen LogP contribution in [0, 0.1) is 0 Å². The van der Waals surface area contributed by atoms with E-state index in [2.05, 4.69) is 54.6 Å². The molecule has 3 aliphatic rings. The minimum absolute atomic E-state index is 0.483. The van der Waals surface area contributed by atoms with Crippen LogP contribution in [-0.4, -0.2) is 51.3 Å². The number of ether oxygens (including phenoxy) is 1. The molecule has 0 atom stereocenters. The zero-order chi connectivity index (χ0) is 24.3. The molecule has 1 aliphatic carbocycles. The van der Waals surface area contributed by atoms with E-state index in [1.807, 2.05) is 12.3 Å². The number of fused-ring (bicyclic) bond motifs is 1. The van der Waals surface area contributed by atoms with Gasteiger partial charge in [0.2, 0.25) is 5.95 Å². The van der Waals surface area contributed by atoms with Gasteiger partial charge in [-0.15, -0.1) is 0 Å². The molecule has 0 radical (unpaired) electrons. The van der Waals surface area contributed by atoms with Gasteiger partial charge >= 0.3 is 0 Å². The van der Waals surface area contributed by atoms with E-state index in [1.54, 1.807) is 13.3 Å². The molecule has 4 heterocycles. The molecule has 3 aromatic rings. The predicted molar refractivity (Wildman–Crippen MR) is 143 cm³/mol. The van der Waals surface area contributed by atoms with Crippen LogP contribution < -0.4 is 15.5 Å². The minimum atomic E-state index is 0.483. The fourth-order valence-corrected chi connectivity index (χ4v) is 5.95. The molecule has 2 N–H and O–H groups in total. The van der Waals surface area contributed by atoms with Gasteiger partial charge in [-0.2, -0.15) is 0 Å². The zero-order valence-corrected chi connectivity index (χ0v) is 21.2. The number of hydrogen-bond donors (Lipinski definition) is 2. The topological polar surface area (TPSA) is 70.5 Å². The van der Waals surface area contributed by atoms with E-state index in [0.717, 1.165) is 35.0 Å². The molecule has 8 nitrogen and oxygen atoms in total. The summed E-state index contributed by atoms with van der Waals surface area (Å²) in [5.74, 6) is 1.73. The molecule has 1 saturated heterocycles. The van der Waals surface area contributed by atoms with Crippen molar-refractivity contribution < 1.29 is 4.74 Å². The first kappa shape index (κ1) is 23.2. The Morgan fingerprint density at radius 1 is 1.06 bits per heavy atom. The first-order chi connectivity index (χ1) is 17.8. The second-order valence-corrected chi connectivity index (χ2v) is 10.3. The molecule has 1 aromatic carbocycles. The van der Waals surface area contributed by atoms with Crippen LogP contribution in [-0.2, 0) is 6.54 Å². The molecule has 0 amide bonds. The molecular formula is C28H37N7O. The number of imidazole rings is 1. The fourth-order valence-electron chi connectivity index (χ4n) is 5.95. The highest BCUT2D eigenvalue weighted by atomic mass is 16.5. The van der Waals surface area contributed by atoms with Crippen LogP contribution in [0.25, 0.3) is 16.7 Å². The van der Waals surface area contributed by atoms with Crippen molar-refractivity contribution in [3.05, 3.63) is 54.0 Å². The Bertz CT molecular complexity index is 1220. The van der Waals surface area contributed by atoms with Gasteiger partial charge < -0.3 is 14.6 Å². The summed E-state index contributed by atoms with van der Waals surface area (Å²) < 4.78 is 7.99. The van der Waals surface area contributed by atoms with Crippen molar-refractivity contribution in [3.8, 4) is 5.75 Å². The van der Waals surface area contributed by atoms with E-state index < -0.39 is 0 Å². The molecule has 6 rings (SSSR count). The van der Waals surface area contributed by atoms with E-state index in [9.17, 15) is 0 Å². The number of likely N-dealkylation sites (tertiary alicyclic amines) is 1. The molecule has 2 aliphatic heterocycles. The van der Waals surface area contributed by atoms with Crippen molar-refractivity contribution in [2.24, 2.45) is 0 Å². The highest BCUT2D eigenvalue weighted by Gasteiger charge is 2.24. The third-order valence-electron chi connectivity index (χ3n) is 7.81. The van der Waals surface area contributed by atoms with Gasteiger partial charge in [0.25, 0.3) is 0 Å². The highest BCUT2D eigenvalue weighted by molar-refractivity contribution is 5.80. The van der Waals surface area contributed by atoms with Gasteiger partial charge in [0.15, 0.2) is 0 Å². The van der Waals surface area contributed by atoms with Crippen molar-refractivity contribution >= 4 is 22.7 Å². The Labute approximate surface area is 213 Å². The van der Waals surface area contributed by atoms with Gasteiger partial charge in [-0.3, -0.25) is 20.3 Å². The Morgan fingerprint density at radius 3 is 2.72 bits per heavy atom. The number of benzene rings is 1. The van der Waals surface area contributed by atoms with Gasteiger partial charge in [0.05, 0.1) is 29.4 Å². The SMILES string of the molecule is COc1ccncc1C1=CN(Nc2nc3cc(CN4CCCCC4)ccc3n2C2CCCCC2)CN1. The maximum atomic E-state index is 5.54. The summed E-state index contributed by atoms with van der Waals surface area (Å²) in [6.07, 6.45) is 16.0. The number of pyridine rings is 1. The van der Waals surface area contributed by atoms with Crippen LogP contribution in [0.2, 0.25) is 0 Å². The Kier molecular flexibility index (Phi) is 6.68. The van der Waals surface area contributed by atoms with Crippen molar-refractivity contribution in [2.75, 3.05) is 32.3 Å². The van der Waals surface area contributed by atoms with Crippen LogP contribution >= 0.6 is 0 Å².